The summed E-state index contributed by atoms with van der Waals surface area (Å²) in [4.78, 5) is 24.6. The number of nitrogens with zero attached hydrogens (tertiary/aromatic N) is 2. The van der Waals surface area contributed by atoms with Crippen molar-refractivity contribution in [2.24, 2.45) is 0 Å². The Morgan fingerprint density at radius 1 is 1.23 bits per heavy atom. The van der Waals surface area contributed by atoms with Crippen LogP contribution in [0.15, 0.2) is 24.3 Å². The van der Waals surface area contributed by atoms with E-state index < -0.39 is 0 Å². The number of hydrogen-bond acceptors (Lipinski definition) is 6. The fraction of sp³-hybridized carbons (Fsp3) is 0.476. The summed E-state index contributed by atoms with van der Waals surface area (Å²) in [6.07, 6.45) is 2.75. The van der Waals surface area contributed by atoms with Gasteiger partial charge in [0.1, 0.15) is 11.5 Å². The zero-order valence-corrected chi connectivity index (χ0v) is 17.0. The second-order valence-electron chi connectivity index (χ2n) is 7.36. The van der Waals surface area contributed by atoms with E-state index >= 15 is 0 Å². The number of amides is 2. The van der Waals surface area contributed by atoms with Crippen LogP contribution in [0.1, 0.15) is 34.6 Å². The van der Waals surface area contributed by atoms with Gasteiger partial charge < -0.3 is 24.8 Å². The molecule has 1 aromatic carbocycles. The maximum atomic E-state index is 12.5. The minimum Gasteiger partial charge on any atom is -0.497 e. The van der Waals surface area contributed by atoms with E-state index in [4.69, 9.17) is 14.2 Å². The van der Waals surface area contributed by atoms with Crippen LogP contribution < -0.4 is 20.1 Å². The van der Waals surface area contributed by atoms with E-state index in [9.17, 15) is 9.59 Å². The quantitative estimate of drug-likeness (QED) is 0.636. The Morgan fingerprint density at radius 3 is 2.73 bits per heavy atom. The van der Waals surface area contributed by atoms with Crippen LogP contribution in [0.25, 0.3) is 0 Å². The van der Waals surface area contributed by atoms with E-state index in [1.165, 1.54) is 0 Å². The highest BCUT2D eigenvalue weighted by molar-refractivity contribution is 5.94. The number of rotatable bonds is 9. The van der Waals surface area contributed by atoms with Crippen molar-refractivity contribution in [3.05, 3.63) is 41.2 Å². The van der Waals surface area contributed by atoms with E-state index in [1.54, 1.807) is 31.4 Å². The van der Waals surface area contributed by atoms with Crippen LogP contribution in [-0.4, -0.2) is 54.5 Å². The predicted molar refractivity (Wildman–Crippen MR) is 108 cm³/mol. The molecule has 30 heavy (non-hydrogen) atoms. The first-order valence-corrected chi connectivity index (χ1v) is 10.1. The summed E-state index contributed by atoms with van der Waals surface area (Å²) in [5.41, 5.74) is 2.30. The topological polar surface area (TPSA) is 104 Å². The Bertz CT molecular complexity index is 905. The molecule has 9 nitrogen and oxygen atoms in total. The summed E-state index contributed by atoms with van der Waals surface area (Å²) in [5, 5.41) is 10.3. The van der Waals surface area contributed by atoms with Crippen molar-refractivity contribution in [3.8, 4) is 11.5 Å². The Kier molecular flexibility index (Phi) is 6.18. The number of methoxy groups -OCH3 is 1. The SMILES string of the molecule is COc1ccc(OCC(=O)NCCn2nc(C(=O)NC3CC3)c3c2CCOC3)cc1. The number of aromatic nitrogens is 2. The molecule has 2 aromatic rings. The molecule has 0 unspecified atom stereocenters. The smallest absolute Gasteiger partial charge is 0.272 e. The molecule has 0 spiro atoms. The first kappa shape index (κ1) is 20.2. The van der Waals surface area contributed by atoms with Crippen LogP contribution in [0.5, 0.6) is 11.5 Å². The molecule has 4 rings (SSSR count). The number of nitrogens with one attached hydrogen (secondary N) is 2. The summed E-state index contributed by atoms with van der Waals surface area (Å²) in [7, 11) is 1.59. The van der Waals surface area contributed by atoms with E-state index in [1.807, 2.05) is 4.68 Å². The molecule has 1 aromatic heterocycles. The first-order chi connectivity index (χ1) is 14.6. The highest BCUT2D eigenvalue weighted by Gasteiger charge is 2.29. The highest BCUT2D eigenvalue weighted by Crippen LogP contribution is 2.23. The fourth-order valence-corrected chi connectivity index (χ4v) is 3.33. The molecule has 2 aliphatic rings. The molecule has 160 valence electrons. The molecule has 1 saturated carbocycles. The number of carbonyl (C=O) groups excluding carboxylic acids is 2. The molecule has 1 aliphatic carbocycles. The first-order valence-electron chi connectivity index (χ1n) is 10.1. The van der Waals surface area contributed by atoms with Crippen molar-refractivity contribution < 1.29 is 23.8 Å². The monoisotopic (exact) mass is 414 g/mol. The molecule has 0 saturated heterocycles. The molecule has 2 heterocycles. The van der Waals surface area contributed by atoms with Crippen molar-refractivity contribution in [2.45, 2.75) is 38.5 Å². The molecule has 1 aliphatic heterocycles. The average molecular weight is 414 g/mol. The highest BCUT2D eigenvalue weighted by atomic mass is 16.5. The molecule has 2 amide bonds. The maximum absolute atomic E-state index is 12.5. The molecule has 9 heteroatoms. The molecule has 0 atom stereocenters. The van der Waals surface area contributed by atoms with Gasteiger partial charge in [0.2, 0.25) is 0 Å². The largest absolute Gasteiger partial charge is 0.497 e. The van der Waals surface area contributed by atoms with Crippen LogP contribution in [0.2, 0.25) is 0 Å². The third kappa shape index (κ3) is 4.91. The van der Waals surface area contributed by atoms with Crippen LogP contribution >= 0.6 is 0 Å². The molecular formula is C21H26N4O5. The zero-order chi connectivity index (χ0) is 20.9. The van der Waals surface area contributed by atoms with E-state index in [-0.39, 0.29) is 24.5 Å². The Morgan fingerprint density at radius 2 is 2.00 bits per heavy atom. The molecule has 2 N–H and O–H groups in total. The minimum absolute atomic E-state index is 0.0770. The molecular weight excluding hydrogens is 388 g/mol. The van der Waals surface area contributed by atoms with Gasteiger partial charge in [0.05, 0.1) is 26.9 Å². The van der Waals surface area contributed by atoms with E-state index in [2.05, 4.69) is 15.7 Å². The minimum atomic E-state index is -0.220. The molecule has 1 fully saturated rings. The van der Waals surface area contributed by atoms with Crippen molar-refractivity contribution in [3.63, 3.8) is 0 Å². The summed E-state index contributed by atoms with van der Waals surface area (Å²) in [5.74, 6) is 0.958. The lowest BCUT2D eigenvalue weighted by Gasteiger charge is -2.15. The standard InChI is InChI=1S/C21H26N4O5/c1-28-15-4-6-16(7-5-15)30-13-19(26)22-9-10-25-18-8-11-29-12-17(18)20(24-25)21(27)23-14-2-3-14/h4-7,14H,2-3,8-13H2,1H3,(H,22,26)(H,23,27). The normalized spacial score (nSPS) is 15.2. The summed E-state index contributed by atoms with van der Waals surface area (Å²) in [6, 6.07) is 7.31. The van der Waals surface area contributed by atoms with Crippen LogP contribution in [0, 0.1) is 0 Å². The van der Waals surface area contributed by atoms with Gasteiger partial charge in [-0.05, 0) is 37.1 Å². The van der Waals surface area contributed by atoms with Gasteiger partial charge in [0.25, 0.3) is 11.8 Å². The van der Waals surface area contributed by atoms with Gasteiger partial charge in [-0.1, -0.05) is 0 Å². The van der Waals surface area contributed by atoms with E-state index in [0.29, 0.717) is 44.2 Å². The van der Waals surface area contributed by atoms with Crippen molar-refractivity contribution >= 4 is 11.8 Å². The Balaban J connectivity index is 1.29. The Hall–Kier alpha value is -3.07. The van der Waals surface area contributed by atoms with Crippen LogP contribution in [0.3, 0.4) is 0 Å². The fourth-order valence-electron chi connectivity index (χ4n) is 3.33. The van der Waals surface area contributed by atoms with Gasteiger partial charge in [-0.25, -0.2) is 0 Å². The zero-order valence-electron chi connectivity index (χ0n) is 17.0. The lowest BCUT2D eigenvalue weighted by Crippen LogP contribution is -2.32. The van der Waals surface area contributed by atoms with Crippen molar-refractivity contribution in [1.29, 1.82) is 0 Å². The molecule has 0 radical (unpaired) electrons. The third-order valence-electron chi connectivity index (χ3n) is 5.10. The number of carbonyl (C=O) groups is 2. The second-order valence-corrected chi connectivity index (χ2v) is 7.36. The van der Waals surface area contributed by atoms with Crippen LogP contribution in [-0.2, 0) is 29.1 Å². The summed E-state index contributed by atoms with van der Waals surface area (Å²) < 4.78 is 17.9. The number of fused-ring (bicyclic) bond motifs is 1. The van der Waals surface area contributed by atoms with Gasteiger partial charge in [-0.2, -0.15) is 5.10 Å². The number of ether oxygens (including phenoxy) is 3. The third-order valence-corrected chi connectivity index (χ3v) is 5.10. The predicted octanol–water partition coefficient (Wildman–Crippen LogP) is 1.05. The van der Waals surface area contributed by atoms with Gasteiger partial charge in [0.15, 0.2) is 12.3 Å². The van der Waals surface area contributed by atoms with Crippen LogP contribution in [0.4, 0.5) is 0 Å². The van der Waals surface area contributed by atoms with Gasteiger partial charge in [0, 0.05) is 30.3 Å². The van der Waals surface area contributed by atoms with Gasteiger partial charge in [-0.3, -0.25) is 14.3 Å². The number of hydrogen-bond donors (Lipinski definition) is 2. The van der Waals surface area contributed by atoms with Crippen molar-refractivity contribution in [2.75, 3.05) is 26.9 Å². The van der Waals surface area contributed by atoms with E-state index in [0.717, 1.165) is 29.8 Å². The molecule has 0 bridgehead atoms. The number of benzene rings is 1. The van der Waals surface area contributed by atoms with Gasteiger partial charge >= 0.3 is 0 Å². The Labute approximate surface area is 174 Å². The second kappa shape index (κ2) is 9.17. The van der Waals surface area contributed by atoms with Gasteiger partial charge in [-0.15, -0.1) is 0 Å². The summed E-state index contributed by atoms with van der Waals surface area (Å²) >= 11 is 0. The maximum Gasteiger partial charge on any atom is 0.272 e. The lowest BCUT2D eigenvalue weighted by molar-refractivity contribution is -0.123. The van der Waals surface area contributed by atoms with Crippen molar-refractivity contribution in [1.82, 2.24) is 20.4 Å². The average Bonchev–Trinajstić information content (AvgIpc) is 3.51. The lowest BCUT2D eigenvalue weighted by atomic mass is 10.1. The summed E-state index contributed by atoms with van der Waals surface area (Å²) in [6.45, 7) is 1.79.